The summed E-state index contributed by atoms with van der Waals surface area (Å²) in [7, 11) is 0. The Labute approximate surface area is 157 Å². The molecule has 2 unspecified atom stereocenters. The first-order chi connectivity index (χ1) is 12.6. The molecule has 1 saturated heterocycles. The van der Waals surface area contributed by atoms with E-state index >= 15 is 0 Å². The monoisotopic (exact) mass is 372 g/mol. The van der Waals surface area contributed by atoms with Gasteiger partial charge in [-0.1, -0.05) is 41.9 Å². The lowest BCUT2D eigenvalue weighted by molar-refractivity contribution is -0.122. The molecule has 136 valence electrons. The number of carbonyl (C=O) groups excluding carboxylic acids is 2. The first kappa shape index (κ1) is 18.4. The largest absolute Gasteiger partial charge is 0.353 e. The smallest absolute Gasteiger partial charge is 0.251 e. The van der Waals surface area contributed by atoms with Crippen LogP contribution in [0, 0.1) is 0 Å². The number of rotatable bonds is 6. The zero-order chi connectivity index (χ0) is 18.4. The molecule has 1 fully saturated rings. The zero-order valence-electron chi connectivity index (χ0n) is 14.2. The average Bonchev–Trinajstić information content (AvgIpc) is 3.16. The molecule has 0 saturated carbocycles. The van der Waals surface area contributed by atoms with E-state index in [9.17, 15) is 9.59 Å². The molecule has 1 heterocycles. The first-order valence-electron chi connectivity index (χ1n) is 8.51. The fraction of sp³-hybridized carbons (Fsp3) is 0.263. The van der Waals surface area contributed by atoms with E-state index in [-0.39, 0.29) is 23.9 Å². The van der Waals surface area contributed by atoms with Gasteiger partial charge in [0.15, 0.2) is 0 Å². The second kappa shape index (κ2) is 8.80. The third-order valence-electron chi connectivity index (χ3n) is 4.24. The summed E-state index contributed by atoms with van der Waals surface area (Å²) in [6.07, 6.45) is 0.674. The predicted octanol–water partition coefficient (Wildman–Crippen LogP) is 1.79. The molecule has 2 aromatic carbocycles. The lowest BCUT2D eigenvalue weighted by Gasteiger charge is -2.11. The zero-order valence-corrected chi connectivity index (χ0v) is 14.9. The Morgan fingerprint density at radius 2 is 1.65 bits per heavy atom. The van der Waals surface area contributed by atoms with E-state index in [0.29, 0.717) is 30.1 Å². The molecule has 7 heteroatoms. The van der Waals surface area contributed by atoms with Crippen LogP contribution in [0.15, 0.2) is 54.6 Å². The van der Waals surface area contributed by atoms with Crippen LogP contribution < -0.4 is 21.5 Å². The Hall–Kier alpha value is -2.41. The number of halogens is 1. The second-order valence-electron chi connectivity index (χ2n) is 6.09. The van der Waals surface area contributed by atoms with Crippen molar-refractivity contribution >= 4 is 23.4 Å². The molecule has 2 aromatic rings. The maximum atomic E-state index is 12.2. The number of hydrogen-bond acceptors (Lipinski definition) is 4. The van der Waals surface area contributed by atoms with Crippen molar-refractivity contribution in [1.82, 2.24) is 21.5 Å². The SMILES string of the molecule is O=C(NCCNC(=O)C1CC(c2ccccc2)NN1)c1ccc(Cl)cc1. The molecule has 0 bridgehead atoms. The van der Waals surface area contributed by atoms with Crippen LogP contribution in [0.1, 0.15) is 28.4 Å². The van der Waals surface area contributed by atoms with E-state index in [2.05, 4.69) is 21.5 Å². The first-order valence-corrected chi connectivity index (χ1v) is 8.89. The van der Waals surface area contributed by atoms with E-state index in [0.717, 1.165) is 5.56 Å². The Balaban J connectivity index is 1.38. The quantitative estimate of drug-likeness (QED) is 0.583. The molecule has 2 atom stereocenters. The highest BCUT2D eigenvalue weighted by Crippen LogP contribution is 2.21. The van der Waals surface area contributed by atoms with Gasteiger partial charge in [0.2, 0.25) is 5.91 Å². The molecule has 26 heavy (non-hydrogen) atoms. The third-order valence-corrected chi connectivity index (χ3v) is 4.49. The molecule has 1 aliphatic rings. The number of amides is 2. The lowest BCUT2D eigenvalue weighted by Crippen LogP contribution is -2.45. The summed E-state index contributed by atoms with van der Waals surface area (Å²) in [5, 5.41) is 6.19. The number of carbonyl (C=O) groups is 2. The Kier molecular flexibility index (Phi) is 6.22. The number of hydrazine groups is 1. The molecule has 0 radical (unpaired) electrons. The van der Waals surface area contributed by atoms with Crippen LogP contribution in [0.25, 0.3) is 0 Å². The van der Waals surface area contributed by atoms with Crippen molar-refractivity contribution in [2.24, 2.45) is 0 Å². The van der Waals surface area contributed by atoms with E-state index in [1.807, 2.05) is 30.3 Å². The maximum absolute atomic E-state index is 12.2. The third kappa shape index (κ3) is 4.82. The summed E-state index contributed by atoms with van der Waals surface area (Å²) >= 11 is 5.80. The Morgan fingerprint density at radius 1 is 0.962 bits per heavy atom. The van der Waals surface area contributed by atoms with Crippen LogP contribution in [0.3, 0.4) is 0 Å². The predicted molar refractivity (Wildman–Crippen MR) is 101 cm³/mol. The van der Waals surface area contributed by atoms with Gasteiger partial charge in [-0.25, -0.2) is 10.9 Å². The minimum absolute atomic E-state index is 0.0864. The van der Waals surface area contributed by atoms with Crippen LogP contribution >= 0.6 is 11.6 Å². The standard InChI is InChI=1S/C19H21ClN4O2/c20-15-8-6-14(7-9-15)18(25)21-10-11-22-19(26)17-12-16(23-24-17)13-4-2-1-3-5-13/h1-9,16-17,23-24H,10-12H2,(H,21,25)(H,22,26). The van der Waals surface area contributed by atoms with Crippen molar-refractivity contribution < 1.29 is 9.59 Å². The number of hydrogen-bond donors (Lipinski definition) is 4. The minimum atomic E-state index is -0.299. The van der Waals surface area contributed by atoms with Crippen LogP contribution in [0.2, 0.25) is 5.02 Å². The summed E-state index contributed by atoms with van der Waals surface area (Å²) in [5.41, 5.74) is 7.85. The molecule has 0 aromatic heterocycles. The van der Waals surface area contributed by atoms with Gasteiger partial charge in [-0.05, 0) is 36.2 Å². The van der Waals surface area contributed by atoms with Crippen LogP contribution in [0.4, 0.5) is 0 Å². The summed E-state index contributed by atoms with van der Waals surface area (Å²) in [6.45, 7) is 0.724. The topological polar surface area (TPSA) is 82.3 Å². The molecule has 6 nitrogen and oxygen atoms in total. The molecule has 3 rings (SSSR count). The van der Waals surface area contributed by atoms with Gasteiger partial charge in [0.25, 0.3) is 5.91 Å². The van der Waals surface area contributed by atoms with Gasteiger partial charge in [-0.15, -0.1) is 0 Å². The highest BCUT2D eigenvalue weighted by molar-refractivity contribution is 6.30. The van der Waals surface area contributed by atoms with E-state index in [4.69, 9.17) is 11.6 Å². The van der Waals surface area contributed by atoms with Gasteiger partial charge in [-0.3, -0.25) is 9.59 Å². The molecule has 0 aliphatic carbocycles. The molecule has 2 amide bonds. The van der Waals surface area contributed by atoms with E-state index < -0.39 is 0 Å². The van der Waals surface area contributed by atoms with Gasteiger partial charge >= 0.3 is 0 Å². The van der Waals surface area contributed by atoms with Gasteiger partial charge in [-0.2, -0.15) is 0 Å². The van der Waals surface area contributed by atoms with E-state index in [1.54, 1.807) is 24.3 Å². The van der Waals surface area contributed by atoms with E-state index in [1.165, 1.54) is 0 Å². The van der Waals surface area contributed by atoms with Crippen molar-refractivity contribution in [3.63, 3.8) is 0 Å². The molecule has 4 N–H and O–H groups in total. The van der Waals surface area contributed by atoms with Gasteiger partial charge in [0, 0.05) is 29.7 Å². The number of nitrogens with one attached hydrogen (secondary N) is 4. The van der Waals surface area contributed by atoms with Crippen LogP contribution in [0.5, 0.6) is 0 Å². The fourth-order valence-corrected chi connectivity index (χ4v) is 2.95. The highest BCUT2D eigenvalue weighted by Gasteiger charge is 2.29. The normalized spacial score (nSPS) is 19.1. The summed E-state index contributed by atoms with van der Waals surface area (Å²) in [5.74, 6) is -0.280. The second-order valence-corrected chi connectivity index (χ2v) is 6.53. The summed E-state index contributed by atoms with van der Waals surface area (Å²) in [4.78, 5) is 24.2. The van der Waals surface area contributed by atoms with Crippen molar-refractivity contribution in [3.05, 3.63) is 70.7 Å². The fourth-order valence-electron chi connectivity index (χ4n) is 2.82. The molecular formula is C19H21ClN4O2. The number of benzene rings is 2. The van der Waals surface area contributed by atoms with Crippen LogP contribution in [-0.4, -0.2) is 30.9 Å². The molecular weight excluding hydrogens is 352 g/mol. The minimum Gasteiger partial charge on any atom is -0.353 e. The maximum Gasteiger partial charge on any atom is 0.251 e. The molecule has 0 spiro atoms. The average molecular weight is 373 g/mol. The van der Waals surface area contributed by atoms with Crippen molar-refractivity contribution in [2.45, 2.75) is 18.5 Å². The summed E-state index contributed by atoms with van der Waals surface area (Å²) in [6, 6.07) is 16.5. The van der Waals surface area contributed by atoms with Crippen LogP contribution in [-0.2, 0) is 4.79 Å². The van der Waals surface area contributed by atoms with Crippen molar-refractivity contribution in [2.75, 3.05) is 13.1 Å². The van der Waals surface area contributed by atoms with Gasteiger partial charge in [0.1, 0.15) is 6.04 Å². The Bertz CT molecular complexity index is 752. The molecule has 1 aliphatic heterocycles. The Morgan fingerprint density at radius 3 is 2.38 bits per heavy atom. The van der Waals surface area contributed by atoms with Crippen molar-refractivity contribution in [3.8, 4) is 0 Å². The van der Waals surface area contributed by atoms with Crippen molar-refractivity contribution in [1.29, 1.82) is 0 Å². The lowest BCUT2D eigenvalue weighted by atomic mass is 10.0. The van der Waals surface area contributed by atoms with Gasteiger partial charge < -0.3 is 10.6 Å². The van der Waals surface area contributed by atoms with Gasteiger partial charge in [0.05, 0.1) is 0 Å². The highest BCUT2D eigenvalue weighted by atomic mass is 35.5. The summed E-state index contributed by atoms with van der Waals surface area (Å²) < 4.78 is 0.